The Balaban J connectivity index is 1.61. The maximum atomic E-state index is 13.1. The van der Waals surface area contributed by atoms with Crippen molar-refractivity contribution in [2.24, 2.45) is 0 Å². The van der Waals surface area contributed by atoms with E-state index in [-0.39, 0.29) is 5.91 Å². The summed E-state index contributed by atoms with van der Waals surface area (Å²) in [7, 11) is 0. The second-order valence-electron chi connectivity index (χ2n) is 7.12. The molecule has 0 unspecified atom stereocenters. The predicted octanol–water partition coefficient (Wildman–Crippen LogP) is 6.33. The second-order valence-corrected chi connectivity index (χ2v) is 7.12. The van der Waals surface area contributed by atoms with E-state index in [0.717, 1.165) is 46.4 Å². The average Bonchev–Trinajstić information content (AvgIpc) is 2.80. The van der Waals surface area contributed by atoms with Gasteiger partial charge in [-0.2, -0.15) is 0 Å². The Morgan fingerprint density at radius 2 is 1.67 bits per heavy atom. The number of nitrogens with zero attached hydrogens (tertiary/aromatic N) is 1. The molecule has 0 aliphatic rings. The predicted molar refractivity (Wildman–Crippen MR) is 122 cm³/mol. The molecule has 0 radical (unpaired) electrons. The molecule has 0 spiro atoms. The van der Waals surface area contributed by atoms with Crippen LogP contribution in [-0.2, 0) is 0 Å². The highest BCUT2D eigenvalue weighted by atomic mass is 16.5. The third-order valence-electron chi connectivity index (χ3n) is 4.91. The lowest BCUT2D eigenvalue weighted by Crippen LogP contribution is -2.13. The number of nitrogens with one attached hydrogen (secondary N) is 1. The van der Waals surface area contributed by atoms with Gasteiger partial charge in [0.1, 0.15) is 5.75 Å². The monoisotopic (exact) mass is 396 g/mol. The van der Waals surface area contributed by atoms with Crippen LogP contribution in [0.2, 0.25) is 0 Å². The maximum Gasteiger partial charge on any atom is 0.256 e. The van der Waals surface area contributed by atoms with E-state index in [1.807, 2.05) is 84.9 Å². The van der Waals surface area contributed by atoms with Crippen molar-refractivity contribution in [3.8, 4) is 17.0 Å². The number of para-hydroxylation sites is 1. The van der Waals surface area contributed by atoms with Crippen LogP contribution in [0.25, 0.3) is 22.2 Å². The first-order chi connectivity index (χ1) is 14.7. The highest BCUT2D eigenvalue weighted by Gasteiger charge is 2.14. The van der Waals surface area contributed by atoms with Gasteiger partial charge in [-0.15, -0.1) is 0 Å². The number of anilines is 1. The van der Waals surface area contributed by atoms with E-state index < -0.39 is 0 Å². The fourth-order valence-corrected chi connectivity index (χ4v) is 3.29. The fourth-order valence-electron chi connectivity index (χ4n) is 3.29. The molecule has 4 nitrogen and oxygen atoms in total. The van der Waals surface area contributed by atoms with Crippen LogP contribution in [0.5, 0.6) is 5.75 Å². The van der Waals surface area contributed by atoms with Crippen LogP contribution in [-0.4, -0.2) is 17.5 Å². The van der Waals surface area contributed by atoms with E-state index in [1.54, 1.807) is 0 Å². The van der Waals surface area contributed by atoms with Crippen LogP contribution in [0, 0.1) is 0 Å². The lowest BCUT2D eigenvalue weighted by atomic mass is 10.0. The molecule has 1 aromatic heterocycles. The normalized spacial score (nSPS) is 10.7. The number of rotatable bonds is 7. The van der Waals surface area contributed by atoms with Crippen LogP contribution in [0.15, 0.2) is 84.9 Å². The van der Waals surface area contributed by atoms with E-state index >= 15 is 0 Å². The van der Waals surface area contributed by atoms with Crippen molar-refractivity contribution in [3.63, 3.8) is 0 Å². The highest BCUT2D eigenvalue weighted by molar-refractivity contribution is 6.13. The molecule has 3 aromatic carbocycles. The number of ether oxygens (including phenoxy) is 1. The van der Waals surface area contributed by atoms with Crippen molar-refractivity contribution in [1.82, 2.24) is 4.98 Å². The Morgan fingerprint density at radius 3 is 2.43 bits per heavy atom. The zero-order valence-corrected chi connectivity index (χ0v) is 17.0. The van der Waals surface area contributed by atoms with E-state index in [9.17, 15) is 4.79 Å². The largest absolute Gasteiger partial charge is 0.494 e. The number of amides is 1. The van der Waals surface area contributed by atoms with Crippen LogP contribution in [0.1, 0.15) is 30.1 Å². The van der Waals surface area contributed by atoms with Crippen LogP contribution < -0.4 is 10.1 Å². The molecule has 4 rings (SSSR count). The van der Waals surface area contributed by atoms with Gasteiger partial charge in [0.05, 0.1) is 23.4 Å². The fraction of sp³-hybridized carbons (Fsp3) is 0.154. The molecule has 0 atom stereocenters. The van der Waals surface area contributed by atoms with E-state index in [0.29, 0.717) is 12.2 Å². The molecule has 0 saturated carbocycles. The average molecular weight is 396 g/mol. The molecule has 150 valence electrons. The van der Waals surface area contributed by atoms with Gasteiger partial charge in [0.2, 0.25) is 0 Å². The number of pyridine rings is 1. The van der Waals surface area contributed by atoms with Crippen molar-refractivity contribution < 1.29 is 9.53 Å². The van der Waals surface area contributed by atoms with Gasteiger partial charge >= 0.3 is 0 Å². The van der Waals surface area contributed by atoms with Crippen LogP contribution >= 0.6 is 0 Å². The lowest BCUT2D eigenvalue weighted by molar-refractivity contribution is 0.102. The number of hydrogen-bond acceptors (Lipinski definition) is 3. The Hall–Kier alpha value is -3.66. The molecule has 0 bridgehead atoms. The molecule has 0 aliphatic heterocycles. The van der Waals surface area contributed by atoms with Gasteiger partial charge in [0, 0.05) is 16.6 Å². The molecular formula is C26H24N2O2. The number of carbonyl (C=O) groups excluding carboxylic acids is 1. The van der Waals surface area contributed by atoms with Gasteiger partial charge < -0.3 is 10.1 Å². The summed E-state index contributed by atoms with van der Waals surface area (Å²) in [5.41, 5.74) is 3.88. The van der Waals surface area contributed by atoms with E-state index in [4.69, 9.17) is 9.72 Å². The topological polar surface area (TPSA) is 51.2 Å². The Labute approximate surface area is 176 Å². The lowest BCUT2D eigenvalue weighted by Gasteiger charge is -2.11. The quantitative estimate of drug-likeness (QED) is 0.371. The molecule has 1 N–H and O–H groups in total. The molecule has 30 heavy (non-hydrogen) atoms. The van der Waals surface area contributed by atoms with Crippen molar-refractivity contribution in [2.75, 3.05) is 11.9 Å². The van der Waals surface area contributed by atoms with Gasteiger partial charge in [0.25, 0.3) is 5.91 Å². The summed E-state index contributed by atoms with van der Waals surface area (Å²) >= 11 is 0. The van der Waals surface area contributed by atoms with Crippen molar-refractivity contribution in [2.45, 2.75) is 19.8 Å². The van der Waals surface area contributed by atoms with E-state index in [1.165, 1.54) is 0 Å². The second kappa shape index (κ2) is 9.23. The summed E-state index contributed by atoms with van der Waals surface area (Å²) < 4.78 is 5.69. The molecule has 0 aliphatic carbocycles. The standard InChI is InChI=1S/C26H24N2O2/c1-2-3-17-30-21-15-13-20(14-16-21)27-26(29)23-18-25(19-9-5-4-6-10-19)28-24-12-8-7-11-22(23)24/h4-16,18H,2-3,17H2,1H3,(H,27,29). The number of aromatic nitrogens is 1. The first-order valence-corrected chi connectivity index (χ1v) is 10.2. The third kappa shape index (κ3) is 4.49. The first kappa shape index (κ1) is 19.6. The number of unbranched alkanes of at least 4 members (excludes halogenated alkanes) is 1. The van der Waals surface area contributed by atoms with Crippen molar-refractivity contribution in [1.29, 1.82) is 0 Å². The summed E-state index contributed by atoms with van der Waals surface area (Å²) in [4.78, 5) is 17.9. The molecule has 4 aromatic rings. The molecule has 0 saturated heterocycles. The number of benzene rings is 3. The number of fused-ring (bicyclic) bond motifs is 1. The maximum absolute atomic E-state index is 13.1. The minimum Gasteiger partial charge on any atom is -0.494 e. The molecule has 4 heteroatoms. The Morgan fingerprint density at radius 1 is 0.933 bits per heavy atom. The Bertz CT molecular complexity index is 1140. The van der Waals surface area contributed by atoms with Crippen LogP contribution in [0.3, 0.4) is 0 Å². The SMILES string of the molecule is CCCCOc1ccc(NC(=O)c2cc(-c3ccccc3)nc3ccccc23)cc1. The van der Waals surface area contributed by atoms with Gasteiger partial charge in [0.15, 0.2) is 0 Å². The van der Waals surface area contributed by atoms with Crippen molar-refractivity contribution in [3.05, 3.63) is 90.5 Å². The van der Waals surface area contributed by atoms with E-state index in [2.05, 4.69) is 12.2 Å². The zero-order chi connectivity index (χ0) is 20.8. The molecule has 1 heterocycles. The third-order valence-corrected chi connectivity index (χ3v) is 4.91. The molecule has 1 amide bonds. The summed E-state index contributed by atoms with van der Waals surface area (Å²) in [5.74, 6) is 0.646. The van der Waals surface area contributed by atoms with Gasteiger partial charge in [-0.25, -0.2) is 4.98 Å². The summed E-state index contributed by atoms with van der Waals surface area (Å²) in [5, 5.41) is 3.83. The molecular weight excluding hydrogens is 372 g/mol. The molecule has 0 fully saturated rings. The minimum atomic E-state index is -0.162. The van der Waals surface area contributed by atoms with Gasteiger partial charge in [-0.1, -0.05) is 61.9 Å². The smallest absolute Gasteiger partial charge is 0.256 e. The van der Waals surface area contributed by atoms with Gasteiger partial charge in [-0.05, 0) is 42.8 Å². The van der Waals surface area contributed by atoms with Crippen LogP contribution in [0.4, 0.5) is 5.69 Å². The summed E-state index contributed by atoms with van der Waals surface area (Å²) in [6, 6.07) is 26.9. The van der Waals surface area contributed by atoms with Gasteiger partial charge in [-0.3, -0.25) is 4.79 Å². The Kier molecular flexibility index (Phi) is 6.04. The summed E-state index contributed by atoms with van der Waals surface area (Å²) in [6.45, 7) is 2.83. The zero-order valence-electron chi connectivity index (χ0n) is 17.0. The number of carbonyl (C=O) groups is 1. The number of hydrogen-bond donors (Lipinski definition) is 1. The first-order valence-electron chi connectivity index (χ1n) is 10.2. The van der Waals surface area contributed by atoms with Crippen molar-refractivity contribution >= 4 is 22.5 Å². The minimum absolute atomic E-state index is 0.162. The highest BCUT2D eigenvalue weighted by Crippen LogP contribution is 2.26. The summed E-state index contributed by atoms with van der Waals surface area (Å²) in [6.07, 6.45) is 2.12.